The number of aromatic nitrogens is 6. The number of benzene rings is 1. The van der Waals surface area contributed by atoms with Crippen molar-refractivity contribution in [1.29, 1.82) is 0 Å². The Hall–Kier alpha value is -3.61. The van der Waals surface area contributed by atoms with E-state index in [1.54, 1.807) is 4.57 Å². The van der Waals surface area contributed by atoms with Gasteiger partial charge in [0.05, 0.1) is 30.9 Å². The number of hydrogen-bond donors (Lipinski definition) is 2. The zero-order chi connectivity index (χ0) is 26.4. The Labute approximate surface area is 220 Å². The topological polar surface area (TPSA) is 126 Å². The number of carbonyl (C=O) groups excluding carboxylic acids is 1. The van der Waals surface area contributed by atoms with Crippen LogP contribution >= 0.6 is 0 Å². The molecule has 12 nitrogen and oxygen atoms in total. The molecule has 38 heavy (non-hydrogen) atoms. The van der Waals surface area contributed by atoms with Crippen LogP contribution in [0.2, 0.25) is 0 Å². The van der Waals surface area contributed by atoms with E-state index in [1.807, 2.05) is 40.8 Å². The number of aliphatic hydroxyl groups is 1. The lowest BCUT2D eigenvalue weighted by molar-refractivity contribution is -0.0260. The summed E-state index contributed by atoms with van der Waals surface area (Å²) >= 11 is 0. The standard InChI is InChI=1S/C26H33N9O3/c1-16(2)22-28-18-6-4-5-7-19(18)35(22)26-30-21(27-8-11-36)20-23(31-26)32(3)24(29-20)25(37)34-14-17(15-34)33-9-12-38-13-10-33/h4-7,16-17,36H,8-15H2,1-3H3,(H,27,30,31). The number of likely N-dealkylation sites (tertiary alicyclic amines) is 1. The lowest BCUT2D eigenvalue weighted by Gasteiger charge is -2.46. The molecule has 2 fully saturated rings. The summed E-state index contributed by atoms with van der Waals surface area (Å²) in [6.45, 7) is 9.02. The molecule has 0 saturated carbocycles. The van der Waals surface area contributed by atoms with Crippen molar-refractivity contribution < 1.29 is 14.6 Å². The number of rotatable bonds is 7. The van der Waals surface area contributed by atoms with Crippen LogP contribution in [0.3, 0.4) is 0 Å². The molecule has 2 aliphatic heterocycles. The fourth-order valence-corrected chi connectivity index (χ4v) is 5.22. The summed E-state index contributed by atoms with van der Waals surface area (Å²) in [5.41, 5.74) is 2.79. The lowest BCUT2D eigenvalue weighted by Crippen LogP contribution is -2.63. The number of imidazole rings is 2. The number of hydrogen-bond acceptors (Lipinski definition) is 9. The summed E-state index contributed by atoms with van der Waals surface area (Å²) in [6, 6.07) is 8.25. The molecular formula is C26H33N9O3. The minimum absolute atomic E-state index is 0.0680. The van der Waals surface area contributed by atoms with Gasteiger partial charge in [-0.2, -0.15) is 9.97 Å². The van der Waals surface area contributed by atoms with E-state index in [2.05, 4.69) is 24.1 Å². The van der Waals surface area contributed by atoms with E-state index in [-0.39, 0.29) is 18.4 Å². The molecule has 0 aliphatic carbocycles. The van der Waals surface area contributed by atoms with Crippen molar-refractivity contribution in [3.63, 3.8) is 0 Å². The van der Waals surface area contributed by atoms with Gasteiger partial charge in [0.15, 0.2) is 17.0 Å². The highest BCUT2D eigenvalue weighted by Gasteiger charge is 2.37. The van der Waals surface area contributed by atoms with E-state index >= 15 is 0 Å². The zero-order valence-corrected chi connectivity index (χ0v) is 22.0. The number of aliphatic hydroxyl groups excluding tert-OH is 1. The number of amides is 1. The fraction of sp³-hybridized carbons (Fsp3) is 0.500. The van der Waals surface area contributed by atoms with Crippen molar-refractivity contribution in [3.8, 4) is 5.95 Å². The second kappa shape index (κ2) is 9.93. The van der Waals surface area contributed by atoms with Crippen LogP contribution in [0, 0.1) is 0 Å². The van der Waals surface area contributed by atoms with E-state index in [4.69, 9.17) is 24.7 Å². The van der Waals surface area contributed by atoms with Crippen LogP contribution in [0.4, 0.5) is 5.82 Å². The first-order valence-electron chi connectivity index (χ1n) is 13.1. The number of morpholine rings is 1. The Bertz CT molecular complexity index is 1480. The molecule has 1 amide bonds. The number of nitrogens with zero attached hydrogens (tertiary/aromatic N) is 8. The Kier molecular flexibility index (Phi) is 6.46. The van der Waals surface area contributed by atoms with Gasteiger partial charge in [-0.25, -0.2) is 9.97 Å². The maximum atomic E-state index is 13.5. The van der Waals surface area contributed by atoms with Crippen LogP contribution < -0.4 is 5.32 Å². The first-order chi connectivity index (χ1) is 18.5. The van der Waals surface area contributed by atoms with Crippen LogP contribution in [-0.2, 0) is 11.8 Å². The third kappa shape index (κ3) is 4.18. The molecule has 5 heterocycles. The second-order valence-corrected chi connectivity index (χ2v) is 10.2. The third-order valence-electron chi connectivity index (χ3n) is 7.32. The van der Waals surface area contributed by atoms with Gasteiger partial charge in [0.25, 0.3) is 5.91 Å². The van der Waals surface area contributed by atoms with Crippen molar-refractivity contribution in [2.75, 3.05) is 57.9 Å². The molecule has 0 unspecified atom stereocenters. The highest BCUT2D eigenvalue weighted by molar-refractivity contribution is 5.97. The number of aryl methyl sites for hydroxylation is 1. The predicted octanol–water partition coefficient (Wildman–Crippen LogP) is 1.39. The van der Waals surface area contributed by atoms with Crippen LogP contribution in [0.1, 0.15) is 36.2 Å². The van der Waals surface area contributed by atoms with E-state index in [0.717, 1.165) is 43.2 Å². The lowest BCUT2D eigenvalue weighted by atomic mass is 10.1. The summed E-state index contributed by atoms with van der Waals surface area (Å²) in [7, 11) is 1.81. The predicted molar refractivity (Wildman–Crippen MR) is 143 cm³/mol. The first kappa shape index (κ1) is 24.7. The molecule has 0 radical (unpaired) electrons. The van der Waals surface area contributed by atoms with Crippen molar-refractivity contribution >= 4 is 33.9 Å². The molecule has 0 spiro atoms. The zero-order valence-electron chi connectivity index (χ0n) is 22.0. The van der Waals surface area contributed by atoms with Gasteiger partial charge in [0.2, 0.25) is 11.8 Å². The van der Waals surface area contributed by atoms with Crippen molar-refractivity contribution in [2.24, 2.45) is 7.05 Å². The van der Waals surface area contributed by atoms with Gasteiger partial charge in [-0.3, -0.25) is 14.3 Å². The highest BCUT2D eigenvalue weighted by atomic mass is 16.5. The monoisotopic (exact) mass is 519 g/mol. The minimum atomic E-state index is -0.124. The molecule has 2 aliphatic rings. The average molecular weight is 520 g/mol. The molecular weight excluding hydrogens is 486 g/mol. The number of ether oxygens (including phenoxy) is 1. The summed E-state index contributed by atoms with van der Waals surface area (Å²) in [6.07, 6.45) is 0. The van der Waals surface area contributed by atoms with Gasteiger partial charge >= 0.3 is 0 Å². The normalized spacial score (nSPS) is 17.0. The number of carbonyl (C=O) groups is 1. The molecule has 200 valence electrons. The van der Waals surface area contributed by atoms with Gasteiger partial charge in [-0.05, 0) is 12.1 Å². The summed E-state index contributed by atoms with van der Waals surface area (Å²) in [5.74, 6) is 2.07. The highest BCUT2D eigenvalue weighted by Crippen LogP contribution is 2.29. The van der Waals surface area contributed by atoms with Crippen molar-refractivity contribution in [3.05, 3.63) is 35.9 Å². The summed E-state index contributed by atoms with van der Waals surface area (Å²) in [5, 5.41) is 12.7. The smallest absolute Gasteiger partial charge is 0.290 e. The largest absolute Gasteiger partial charge is 0.395 e. The molecule has 0 bridgehead atoms. The molecule has 12 heteroatoms. The van der Waals surface area contributed by atoms with E-state index in [9.17, 15) is 9.90 Å². The van der Waals surface area contributed by atoms with E-state index in [1.165, 1.54) is 0 Å². The molecule has 3 aromatic heterocycles. The van der Waals surface area contributed by atoms with Crippen molar-refractivity contribution in [2.45, 2.75) is 25.8 Å². The third-order valence-corrected chi connectivity index (χ3v) is 7.32. The van der Waals surface area contributed by atoms with Crippen LogP contribution in [0.5, 0.6) is 0 Å². The van der Waals surface area contributed by atoms with E-state index in [0.29, 0.717) is 54.4 Å². The fourth-order valence-electron chi connectivity index (χ4n) is 5.22. The number of para-hydroxylation sites is 2. The van der Waals surface area contributed by atoms with Gasteiger partial charge in [0.1, 0.15) is 5.82 Å². The van der Waals surface area contributed by atoms with Gasteiger partial charge in [-0.15, -0.1) is 0 Å². The number of nitrogens with one attached hydrogen (secondary N) is 1. The molecule has 6 rings (SSSR count). The number of fused-ring (bicyclic) bond motifs is 2. The average Bonchev–Trinajstić information content (AvgIpc) is 3.45. The Morgan fingerprint density at radius 1 is 1.13 bits per heavy atom. The van der Waals surface area contributed by atoms with Crippen LogP contribution in [-0.4, -0.2) is 108 Å². The molecule has 4 aromatic rings. The SMILES string of the molecule is CC(C)c1nc2ccccc2n1-c1nc(NCCO)c2nc(C(=O)N3CC(N4CCOCC4)C3)n(C)c2n1. The minimum Gasteiger partial charge on any atom is -0.395 e. The quantitative estimate of drug-likeness (QED) is 0.372. The van der Waals surface area contributed by atoms with Crippen molar-refractivity contribution in [1.82, 2.24) is 38.9 Å². The van der Waals surface area contributed by atoms with Gasteiger partial charge in [-0.1, -0.05) is 26.0 Å². The van der Waals surface area contributed by atoms with Crippen LogP contribution in [0.25, 0.3) is 28.1 Å². The molecule has 2 N–H and O–H groups in total. The molecule has 0 atom stereocenters. The maximum absolute atomic E-state index is 13.5. The summed E-state index contributed by atoms with van der Waals surface area (Å²) < 4.78 is 9.15. The Morgan fingerprint density at radius 3 is 2.63 bits per heavy atom. The Morgan fingerprint density at radius 2 is 1.89 bits per heavy atom. The second-order valence-electron chi connectivity index (χ2n) is 10.2. The van der Waals surface area contributed by atoms with E-state index < -0.39 is 0 Å². The first-order valence-corrected chi connectivity index (χ1v) is 13.1. The molecule has 2 saturated heterocycles. The Balaban J connectivity index is 1.39. The van der Waals surface area contributed by atoms with Gasteiger partial charge in [0, 0.05) is 51.7 Å². The maximum Gasteiger partial charge on any atom is 0.290 e. The molecule has 1 aromatic carbocycles. The number of anilines is 1. The van der Waals surface area contributed by atoms with Crippen LogP contribution in [0.15, 0.2) is 24.3 Å². The van der Waals surface area contributed by atoms with Gasteiger partial charge < -0.3 is 24.6 Å². The summed E-state index contributed by atoms with van der Waals surface area (Å²) in [4.78, 5) is 36.9.